The number of hydrogen-bond donors (Lipinski definition) is 1. The quantitative estimate of drug-likeness (QED) is 0.320. The molecule has 0 aliphatic carbocycles. The lowest BCUT2D eigenvalue weighted by Gasteiger charge is -2.30. The number of carbonyl (C=O) groups is 1. The second-order valence-corrected chi connectivity index (χ2v) is 10.7. The monoisotopic (exact) mass is 522 g/mol. The molecule has 0 spiro atoms. The van der Waals surface area contributed by atoms with E-state index in [4.69, 9.17) is 9.73 Å². The van der Waals surface area contributed by atoms with Gasteiger partial charge in [0.25, 0.3) is 0 Å². The zero-order valence-electron chi connectivity index (χ0n) is 20.7. The molecule has 0 saturated heterocycles. The number of carbonyl (C=O) groups excluding carboxylic acids is 1. The summed E-state index contributed by atoms with van der Waals surface area (Å²) in [7, 11) is -4.05. The number of cyclic esters (lactones) is 1. The standard InChI is InChI=1S/C31H26N2O4S/c1-23-17-20-27(21-18-23)38(35,36)33-28(22-19-24-11-5-2-6-12-24)31(26-15-9-4-10-16-26)30(34)37-29(32-31)25-13-7-3-8-14-25/h2-22,28,33H,1H3/b22-19+/t28?,31-/m0/s1. The number of rotatable bonds is 8. The van der Waals surface area contributed by atoms with Crippen molar-refractivity contribution in [2.75, 3.05) is 0 Å². The third kappa shape index (κ3) is 5.07. The highest BCUT2D eigenvalue weighted by atomic mass is 32.2. The minimum atomic E-state index is -4.05. The summed E-state index contributed by atoms with van der Waals surface area (Å²) < 4.78 is 35.7. The Morgan fingerprint density at radius 1 is 0.816 bits per heavy atom. The Morgan fingerprint density at radius 2 is 1.39 bits per heavy atom. The first kappa shape index (κ1) is 25.3. The van der Waals surface area contributed by atoms with Gasteiger partial charge in [-0.25, -0.2) is 22.9 Å². The van der Waals surface area contributed by atoms with Crippen molar-refractivity contribution < 1.29 is 17.9 Å². The maximum Gasteiger partial charge on any atom is 0.347 e. The maximum atomic E-state index is 13.8. The summed E-state index contributed by atoms with van der Waals surface area (Å²) in [5.41, 5.74) is 1.20. The summed E-state index contributed by atoms with van der Waals surface area (Å²) in [6, 6.07) is 32.8. The lowest BCUT2D eigenvalue weighted by molar-refractivity contribution is -0.139. The van der Waals surface area contributed by atoms with Gasteiger partial charge < -0.3 is 4.74 Å². The molecule has 1 unspecified atom stereocenters. The molecule has 0 radical (unpaired) electrons. The molecule has 0 fully saturated rings. The van der Waals surface area contributed by atoms with E-state index in [1.807, 2.05) is 61.5 Å². The van der Waals surface area contributed by atoms with Crippen LogP contribution in [0.25, 0.3) is 6.08 Å². The Bertz CT molecular complexity index is 1580. The van der Waals surface area contributed by atoms with Crippen molar-refractivity contribution in [2.45, 2.75) is 23.4 Å². The van der Waals surface area contributed by atoms with Crippen LogP contribution in [0.3, 0.4) is 0 Å². The Kier molecular flexibility index (Phi) is 7.05. The Morgan fingerprint density at radius 3 is 2.03 bits per heavy atom. The number of hydrogen-bond acceptors (Lipinski definition) is 5. The summed E-state index contributed by atoms with van der Waals surface area (Å²) in [5.74, 6) is -0.538. The number of aliphatic imine (C=N–C) groups is 1. The van der Waals surface area contributed by atoms with Gasteiger partial charge in [-0.2, -0.15) is 0 Å². The first-order valence-electron chi connectivity index (χ1n) is 12.1. The molecule has 0 aromatic heterocycles. The SMILES string of the molecule is Cc1ccc(S(=O)(=O)NC(/C=C/c2ccccc2)[C@]2(c3ccccc3)N=C(c3ccccc3)OC2=O)cc1. The molecule has 1 aliphatic rings. The summed E-state index contributed by atoms with van der Waals surface area (Å²) in [5, 5.41) is 0. The normalized spacial score (nSPS) is 18.2. The van der Waals surface area contributed by atoms with Gasteiger partial charge in [-0.15, -0.1) is 0 Å². The van der Waals surface area contributed by atoms with Crippen molar-refractivity contribution in [3.63, 3.8) is 0 Å². The second-order valence-electron chi connectivity index (χ2n) is 8.99. The molecule has 0 bridgehead atoms. The summed E-state index contributed by atoms with van der Waals surface area (Å²) in [6.45, 7) is 1.88. The van der Waals surface area contributed by atoms with Gasteiger partial charge in [0.05, 0.1) is 10.9 Å². The minimum absolute atomic E-state index is 0.0862. The van der Waals surface area contributed by atoms with E-state index in [-0.39, 0.29) is 10.8 Å². The van der Waals surface area contributed by atoms with Crippen LogP contribution in [0.1, 0.15) is 22.3 Å². The van der Waals surface area contributed by atoms with E-state index < -0.39 is 27.6 Å². The van der Waals surface area contributed by atoms with Crippen LogP contribution in [0.15, 0.2) is 131 Å². The molecule has 4 aromatic rings. The molecule has 38 heavy (non-hydrogen) atoms. The fourth-order valence-corrected chi connectivity index (χ4v) is 5.55. The van der Waals surface area contributed by atoms with Crippen LogP contribution in [0.2, 0.25) is 0 Å². The van der Waals surface area contributed by atoms with Crippen molar-refractivity contribution >= 4 is 28.0 Å². The van der Waals surface area contributed by atoms with E-state index in [9.17, 15) is 13.2 Å². The van der Waals surface area contributed by atoms with E-state index in [1.165, 1.54) is 12.1 Å². The highest BCUT2D eigenvalue weighted by molar-refractivity contribution is 7.89. The zero-order chi connectivity index (χ0) is 26.6. The zero-order valence-corrected chi connectivity index (χ0v) is 21.5. The van der Waals surface area contributed by atoms with Crippen molar-refractivity contribution in [3.8, 4) is 0 Å². The predicted octanol–water partition coefficient (Wildman–Crippen LogP) is 5.25. The van der Waals surface area contributed by atoms with Gasteiger partial charge in [0.15, 0.2) is 0 Å². The van der Waals surface area contributed by atoms with Gasteiger partial charge in [-0.05, 0) is 42.3 Å². The topological polar surface area (TPSA) is 84.8 Å². The summed E-state index contributed by atoms with van der Waals surface area (Å²) in [6.07, 6.45) is 3.43. The van der Waals surface area contributed by atoms with Crippen LogP contribution in [0.4, 0.5) is 0 Å². The van der Waals surface area contributed by atoms with Crippen molar-refractivity contribution in [1.29, 1.82) is 0 Å². The Labute approximate surface area is 222 Å². The molecule has 1 aliphatic heterocycles. The van der Waals surface area contributed by atoms with E-state index in [0.29, 0.717) is 11.1 Å². The molecule has 0 amide bonds. The third-order valence-electron chi connectivity index (χ3n) is 6.36. The molecular weight excluding hydrogens is 496 g/mol. The van der Waals surface area contributed by atoms with E-state index in [1.54, 1.807) is 60.7 Å². The number of nitrogens with one attached hydrogen (secondary N) is 1. The van der Waals surface area contributed by atoms with Crippen molar-refractivity contribution in [1.82, 2.24) is 4.72 Å². The fraction of sp³-hybridized carbons (Fsp3) is 0.0968. The number of benzene rings is 4. The van der Waals surface area contributed by atoms with E-state index >= 15 is 0 Å². The largest absolute Gasteiger partial charge is 0.405 e. The van der Waals surface area contributed by atoms with Crippen LogP contribution in [0, 0.1) is 6.92 Å². The van der Waals surface area contributed by atoms with Gasteiger partial charge in [0, 0.05) is 5.56 Å². The predicted molar refractivity (Wildman–Crippen MR) is 148 cm³/mol. The molecule has 5 rings (SSSR count). The molecule has 1 heterocycles. The molecule has 4 aromatic carbocycles. The smallest absolute Gasteiger partial charge is 0.347 e. The minimum Gasteiger partial charge on any atom is -0.405 e. The first-order chi connectivity index (χ1) is 18.4. The average Bonchev–Trinajstić information content (AvgIpc) is 3.30. The van der Waals surface area contributed by atoms with E-state index in [2.05, 4.69) is 4.72 Å². The summed E-state index contributed by atoms with van der Waals surface area (Å²) in [4.78, 5) is 18.7. The van der Waals surface area contributed by atoms with Crippen LogP contribution in [-0.4, -0.2) is 26.3 Å². The molecule has 0 saturated carbocycles. The van der Waals surface area contributed by atoms with Crippen LogP contribution in [0.5, 0.6) is 0 Å². The fourth-order valence-electron chi connectivity index (χ4n) is 4.34. The number of esters is 1. The Balaban J connectivity index is 1.68. The van der Waals surface area contributed by atoms with Crippen LogP contribution < -0.4 is 4.72 Å². The third-order valence-corrected chi connectivity index (χ3v) is 7.81. The number of aryl methyl sites for hydroxylation is 1. The lowest BCUT2D eigenvalue weighted by atomic mass is 9.83. The number of nitrogens with zero attached hydrogens (tertiary/aromatic N) is 1. The molecular formula is C31H26N2O4S. The van der Waals surface area contributed by atoms with Crippen molar-refractivity contribution in [3.05, 3.63) is 144 Å². The van der Waals surface area contributed by atoms with Gasteiger partial charge >= 0.3 is 5.97 Å². The number of ether oxygens (including phenoxy) is 1. The van der Waals surface area contributed by atoms with Crippen LogP contribution in [-0.2, 0) is 25.1 Å². The molecule has 190 valence electrons. The van der Waals surface area contributed by atoms with Gasteiger partial charge in [0.1, 0.15) is 0 Å². The lowest BCUT2D eigenvalue weighted by Crippen LogP contribution is -2.51. The molecule has 2 atom stereocenters. The van der Waals surface area contributed by atoms with Gasteiger partial charge in [0.2, 0.25) is 21.5 Å². The van der Waals surface area contributed by atoms with Gasteiger partial charge in [-0.1, -0.05) is 109 Å². The van der Waals surface area contributed by atoms with Crippen LogP contribution >= 0.6 is 0 Å². The summed E-state index contributed by atoms with van der Waals surface area (Å²) >= 11 is 0. The molecule has 1 N–H and O–H groups in total. The average molecular weight is 523 g/mol. The highest BCUT2D eigenvalue weighted by Crippen LogP contribution is 2.38. The van der Waals surface area contributed by atoms with Crippen molar-refractivity contribution in [2.24, 2.45) is 4.99 Å². The Hall–Kier alpha value is -4.33. The van der Waals surface area contributed by atoms with Gasteiger partial charge in [-0.3, -0.25) is 0 Å². The first-order valence-corrected chi connectivity index (χ1v) is 13.6. The molecule has 7 heteroatoms. The second kappa shape index (κ2) is 10.6. The molecule has 6 nitrogen and oxygen atoms in total. The highest BCUT2D eigenvalue weighted by Gasteiger charge is 2.54. The maximum absolute atomic E-state index is 13.8. The van der Waals surface area contributed by atoms with E-state index in [0.717, 1.165) is 11.1 Å². The number of sulfonamides is 1.